The largest absolute Gasteiger partial charge is 0.381 e. The first-order valence-corrected chi connectivity index (χ1v) is 7.35. The van der Waals surface area contributed by atoms with E-state index in [1.54, 1.807) is 13.2 Å². The minimum Gasteiger partial charge on any atom is -0.381 e. The maximum absolute atomic E-state index is 12.5. The predicted octanol–water partition coefficient (Wildman–Crippen LogP) is 3.41. The minimum atomic E-state index is -0.714. The van der Waals surface area contributed by atoms with E-state index in [2.05, 4.69) is 15.9 Å². The highest BCUT2D eigenvalue weighted by Crippen LogP contribution is 2.29. The molecule has 1 fully saturated rings. The van der Waals surface area contributed by atoms with Crippen molar-refractivity contribution in [1.82, 2.24) is 0 Å². The highest BCUT2D eigenvalue weighted by Gasteiger charge is 2.39. The fourth-order valence-electron chi connectivity index (χ4n) is 2.30. The predicted molar refractivity (Wildman–Crippen MR) is 77.7 cm³/mol. The molecule has 0 saturated carbocycles. The van der Waals surface area contributed by atoms with Gasteiger partial charge in [0.25, 0.3) is 0 Å². The Kier molecular flexibility index (Phi) is 5.01. The standard InChI is InChI=1S/C14H16BrClO3/c1-18-14(4-6-19-7-5-14)13(17)8-10-2-3-11(15)9-12(10)16/h2-3,9H,4-8H2,1H3. The molecule has 0 bridgehead atoms. The molecule has 0 unspecified atom stereocenters. The lowest BCUT2D eigenvalue weighted by molar-refractivity contribution is -0.151. The Morgan fingerprint density at radius 1 is 1.47 bits per heavy atom. The number of hydrogen-bond donors (Lipinski definition) is 0. The first-order chi connectivity index (χ1) is 9.07. The highest BCUT2D eigenvalue weighted by molar-refractivity contribution is 9.10. The summed E-state index contributed by atoms with van der Waals surface area (Å²) in [4.78, 5) is 12.5. The van der Waals surface area contributed by atoms with Gasteiger partial charge in [-0.15, -0.1) is 0 Å². The number of benzene rings is 1. The third-order valence-corrected chi connectivity index (χ3v) is 4.41. The van der Waals surface area contributed by atoms with Crippen LogP contribution in [-0.2, 0) is 20.7 Å². The Balaban J connectivity index is 2.15. The fourth-order valence-corrected chi connectivity index (χ4v) is 3.04. The second kappa shape index (κ2) is 6.35. The van der Waals surface area contributed by atoms with Gasteiger partial charge in [-0.3, -0.25) is 4.79 Å². The Morgan fingerprint density at radius 2 is 2.16 bits per heavy atom. The summed E-state index contributed by atoms with van der Waals surface area (Å²) in [6.07, 6.45) is 1.51. The van der Waals surface area contributed by atoms with E-state index >= 15 is 0 Å². The molecule has 0 aliphatic carbocycles. The molecule has 1 aromatic rings. The van der Waals surface area contributed by atoms with Gasteiger partial charge in [-0.05, 0) is 17.7 Å². The normalized spacial score (nSPS) is 18.3. The van der Waals surface area contributed by atoms with Crippen LogP contribution in [0.5, 0.6) is 0 Å². The monoisotopic (exact) mass is 346 g/mol. The van der Waals surface area contributed by atoms with Gasteiger partial charge in [0.15, 0.2) is 5.78 Å². The van der Waals surface area contributed by atoms with Crippen molar-refractivity contribution in [2.75, 3.05) is 20.3 Å². The zero-order valence-electron chi connectivity index (χ0n) is 10.7. The molecule has 5 heteroatoms. The molecule has 104 valence electrons. The van der Waals surface area contributed by atoms with Crippen LogP contribution in [0.15, 0.2) is 22.7 Å². The van der Waals surface area contributed by atoms with Gasteiger partial charge in [0, 0.05) is 49.1 Å². The Labute approximate surface area is 126 Å². The van der Waals surface area contributed by atoms with E-state index in [-0.39, 0.29) is 5.78 Å². The average Bonchev–Trinajstić information content (AvgIpc) is 2.42. The minimum absolute atomic E-state index is 0.0718. The maximum atomic E-state index is 12.5. The molecule has 1 aromatic carbocycles. The third-order valence-electron chi connectivity index (χ3n) is 3.57. The second-order valence-electron chi connectivity index (χ2n) is 4.65. The van der Waals surface area contributed by atoms with Crippen LogP contribution < -0.4 is 0 Å². The molecule has 0 atom stereocenters. The lowest BCUT2D eigenvalue weighted by Gasteiger charge is -2.34. The molecule has 1 aliphatic heterocycles. The van der Waals surface area contributed by atoms with Crippen molar-refractivity contribution >= 4 is 33.3 Å². The van der Waals surface area contributed by atoms with E-state index in [1.165, 1.54) is 0 Å². The zero-order valence-corrected chi connectivity index (χ0v) is 13.1. The molecule has 19 heavy (non-hydrogen) atoms. The van der Waals surface area contributed by atoms with Gasteiger partial charge < -0.3 is 9.47 Å². The van der Waals surface area contributed by atoms with E-state index < -0.39 is 5.60 Å². The second-order valence-corrected chi connectivity index (χ2v) is 5.97. The summed E-state index contributed by atoms with van der Waals surface area (Å²) in [6.45, 7) is 1.13. The van der Waals surface area contributed by atoms with Crippen LogP contribution in [0.1, 0.15) is 18.4 Å². The smallest absolute Gasteiger partial charge is 0.169 e. The van der Waals surface area contributed by atoms with Gasteiger partial charge in [0.05, 0.1) is 0 Å². The third kappa shape index (κ3) is 3.37. The SMILES string of the molecule is COC1(C(=O)Cc2ccc(Br)cc2Cl)CCOCC1. The molecule has 2 rings (SSSR count). The number of ketones is 1. The molecule has 1 aliphatic rings. The van der Waals surface area contributed by atoms with Crippen LogP contribution >= 0.6 is 27.5 Å². The Hall–Kier alpha value is -0.420. The molecule has 3 nitrogen and oxygen atoms in total. The van der Waals surface area contributed by atoms with Gasteiger partial charge in [-0.2, -0.15) is 0 Å². The van der Waals surface area contributed by atoms with Gasteiger partial charge >= 0.3 is 0 Å². The number of carbonyl (C=O) groups excluding carboxylic acids is 1. The first kappa shape index (κ1) is 15.0. The summed E-state index contributed by atoms with van der Waals surface area (Å²) < 4.78 is 11.7. The molecule has 1 saturated heterocycles. The van der Waals surface area contributed by atoms with Crippen molar-refractivity contribution < 1.29 is 14.3 Å². The summed E-state index contributed by atoms with van der Waals surface area (Å²) in [5.74, 6) is 0.0718. The van der Waals surface area contributed by atoms with Crippen LogP contribution in [0.4, 0.5) is 0 Å². The molecule has 0 radical (unpaired) electrons. The number of Topliss-reactive ketones (excluding diaryl/α,β-unsaturated/α-hetero) is 1. The summed E-state index contributed by atoms with van der Waals surface area (Å²) in [5.41, 5.74) is 0.118. The van der Waals surface area contributed by atoms with Gasteiger partial charge in [-0.1, -0.05) is 33.6 Å². The average molecular weight is 348 g/mol. The molecular weight excluding hydrogens is 332 g/mol. The summed E-state index contributed by atoms with van der Waals surface area (Å²) in [5, 5.41) is 0.598. The van der Waals surface area contributed by atoms with Crippen molar-refractivity contribution in [2.45, 2.75) is 24.9 Å². The molecule has 0 spiro atoms. The lowest BCUT2D eigenvalue weighted by atomic mass is 9.86. The molecule has 0 amide bonds. The number of halogens is 2. The summed E-state index contributed by atoms with van der Waals surface area (Å²) in [7, 11) is 1.59. The Morgan fingerprint density at radius 3 is 2.74 bits per heavy atom. The van der Waals surface area contributed by atoms with Crippen molar-refractivity contribution in [3.05, 3.63) is 33.3 Å². The van der Waals surface area contributed by atoms with E-state index in [1.807, 2.05) is 12.1 Å². The number of carbonyl (C=O) groups is 1. The fraction of sp³-hybridized carbons (Fsp3) is 0.500. The van der Waals surface area contributed by atoms with E-state index in [0.717, 1.165) is 10.0 Å². The van der Waals surface area contributed by atoms with Crippen LogP contribution in [-0.4, -0.2) is 31.7 Å². The maximum Gasteiger partial charge on any atom is 0.169 e. The number of rotatable bonds is 4. The van der Waals surface area contributed by atoms with Gasteiger partial charge in [0.2, 0.25) is 0 Å². The van der Waals surface area contributed by atoms with E-state index in [4.69, 9.17) is 21.1 Å². The quantitative estimate of drug-likeness (QED) is 0.837. The topological polar surface area (TPSA) is 35.5 Å². The van der Waals surface area contributed by atoms with Gasteiger partial charge in [0.1, 0.15) is 5.60 Å². The van der Waals surface area contributed by atoms with Crippen molar-refractivity contribution in [3.63, 3.8) is 0 Å². The van der Waals surface area contributed by atoms with Crippen LogP contribution in [0.2, 0.25) is 5.02 Å². The van der Waals surface area contributed by atoms with Crippen LogP contribution in [0, 0.1) is 0 Å². The lowest BCUT2D eigenvalue weighted by Crippen LogP contribution is -2.46. The number of methoxy groups -OCH3 is 1. The molecular formula is C14H16BrClO3. The summed E-state index contributed by atoms with van der Waals surface area (Å²) >= 11 is 9.51. The van der Waals surface area contributed by atoms with Crippen molar-refractivity contribution in [3.8, 4) is 0 Å². The van der Waals surface area contributed by atoms with E-state index in [0.29, 0.717) is 37.5 Å². The van der Waals surface area contributed by atoms with Crippen molar-refractivity contribution in [2.24, 2.45) is 0 Å². The Bertz CT molecular complexity index is 470. The van der Waals surface area contributed by atoms with Crippen molar-refractivity contribution in [1.29, 1.82) is 0 Å². The highest BCUT2D eigenvalue weighted by atomic mass is 79.9. The van der Waals surface area contributed by atoms with E-state index in [9.17, 15) is 4.79 Å². The van der Waals surface area contributed by atoms with Gasteiger partial charge in [-0.25, -0.2) is 0 Å². The molecule has 1 heterocycles. The zero-order chi connectivity index (χ0) is 13.9. The first-order valence-electron chi connectivity index (χ1n) is 6.17. The number of hydrogen-bond acceptors (Lipinski definition) is 3. The number of ether oxygens (including phenoxy) is 2. The summed E-state index contributed by atoms with van der Waals surface area (Å²) in [6, 6.07) is 5.55. The van der Waals surface area contributed by atoms with Crippen LogP contribution in [0.25, 0.3) is 0 Å². The van der Waals surface area contributed by atoms with Crippen LogP contribution in [0.3, 0.4) is 0 Å². The molecule has 0 aromatic heterocycles. The molecule has 0 N–H and O–H groups in total.